The molecule has 2 aliphatic heterocycles. The topological polar surface area (TPSA) is 30.5 Å². The molecule has 2 heterocycles. The molecule has 0 amide bonds. The number of nitrogens with one attached hydrogen (secondary N) is 1. The third-order valence-corrected chi connectivity index (χ3v) is 9.16. The van der Waals surface area contributed by atoms with E-state index in [9.17, 15) is 0 Å². The standard InChI is InChI=1S/C28H33NO2/c1-2-5-21(6-3-1)31-22-8-9-25-24(14-22)26-23(7-4-10-30-26)27(29-25)28-15-18-11-19(16-28)13-20(12-18)17-28/h1-3,5-6,8-9,14,18-20,23,26-27,29H,4,7,10-13,15-17H2/t18?,19?,20?,23-,26+,27-,28?/m1/s1. The molecule has 0 radical (unpaired) electrons. The number of para-hydroxylation sites is 1. The summed E-state index contributed by atoms with van der Waals surface area (Å²) < 4.78 is 12.7. The lowest BCUT2D eigenvalue weighted by atomic mass is 9.46. The number of hydrogen-bond donors (Lipinski definition) is 1. The van der Waals surface area contributed by atoms with Gasteiger partial charge in [-0.1, -0.05) is 18.2 Å². The van der Waals surface area contributed by atoms with Crippen LogP contribution in [-0.2, 0) is 4.74 Å². The molecular weight excluding hydrogens is 382 g/mol. The molecule has 2 aromatic rings. The van der Waals surface area contributed by atoms with Crippen molar-refractivity contribution < 1.29 is 9.47 Å². The smallest absolute Gasteiger partial charge is 0.127 e. The summed E-state index contributed by atoms with van der Waals surface area (Å²) in [5.74, 6) is 5.34. The van der Waals surface area contributed by atoms with Crippen LogP contribution in [0.25, 0.3) is 0 Å². The van der Waals surface area contributed by atoms with Gasteiger partial charge >= 0.3 is 0 Å². The monoisotopic (exact) mass is 415 g/mol. The highest BCUT2D eigenvalue weighted by atomic mass is 16.5. The van der Waals surface area contributed by atoms with Crippen molar-refractivity contribution >= 4 is 5.69 Å². The number of fused-ring (bicyclic) bond motifs is 3. The second kappa shape index (κ2) is 7.00. The molecule has 6 aliphatic rings. The number of hydrogen-bond acceptors (Lipinski definition) is 3. The minimum Gasteiger partial charge on any atom is -0.457 e. The Morgan fingerprint density at radius 2 is 1.61 bits per heavy atom. The predicted octanol–water partition coefficient (Wildman–Crippen LogP) is 6.96. The number of ether oxygens (including phenoxy) is 2. The maximum absolute atomic E-state index is 6.51. The van der Waals surface area contributed by atoms with Crippen LogP contribution in [0, 0.1) is 29.1 Å². The number of benzene rings is 2. The molecule has 0 spiro atoms. The van der Waals surface area contributed by atoms with Gasteiger partial charge in [-0.05, 0) is 105 Å². The maximum atomic E-state index is 6.51. The third-order valence-electron chi connectivity index (χ3n) is 9.16. The SMILES string of the molecule is c1ccc(Oc2ccc3c(c2)[C@H]2OCCC[C@H]2[C@H](C24CC5CC(CC(C5)C2)C4)N3)cc1. The van der Waals surface area contributed by atoms with Crippen LogP contribution >= 0.6 is 0 Å². The first-order valence-corrected chi connectivity index (χ1v) is 12.5. The van der Waals surface area contributed by atoms with Crippen LogP contribution in [0.2, 0.25) is 0 Å². The van der Waals surface area contributed by atoms with Crippen LogP contribution in [-0.4, -0.2) is 12.6 Å². The average molecular weight is 416 g/mol. The largest absolute Gasteiger partial charge is 0.457 e. The number of rotatable bonds is 3. The van der Waals surface area contributed by atoms with Crippen molar-refractivity contribution in [2.24, 2.45) is 29.1 Å². The van der Waals surface area contributed by atoms with E-state index < -0.39 is 0 Å². The highest BCUT2D eigenvalue weighted by Crippen LogP contribution is 2.64. The summed E-state index contributed by atoms with van der Waals surface area (Å²) in [5.41, 5.74) is 3.08. The van der Waals surface area contributed by atoms with Crippen molar-refractivity contribution in [3.05, 3.63) is 54.1 Å². The van der Waals surface area contributed by atoms with E-state index in [4.69, 9.17) is 9.47 Å². The van der Waals surface area contributed by atoms with E-state index in [-0.39, 0.29) is 6.10 Å². The van der Waals surface area contributed by atoms with Crippen molar-refractivity contribution in [3.8, 4) is 11.5 Å². The fraction of sp³-hybridized carbons (Fsp3) is 0.571. The first kappa shape index (κ1) is 18.6. The average Bonchev–Trinajstić information content (AvgIpc) is 2.78. The van der Waals surface area contributed by atoms with E-state index in [1.807, 2.05) is 30.3 Å². The second-order valence-corrected chi connectivity index (χ2v) is 11.2. The quantitative estimate of drug-likeness (QED) is 0.588. The Balaban J connectivity index is 1.23. The van der Waals surface area contributed by atoms with Gasteiger partial charge in [-0.15, -0.1) is 0 Å². The van der Waals surface area contributed by atoms with E-state index in [0.29, 0.717) is 17.4 Å². The van der Waals surface area contributed by atoms with Gasteiger partial charge in [0.2, 0.25) is 0 Å². The Hall–Kier alpha value is -2.00. The summed E-state index contributed by atoms with van der Waals surface area (Å²) >= 11 is 0. The Bertz CT molecular complexity index is 935. The van der Waals surface area contributed by atoms with Crippen LogP contribution in [0.15, 0.2) is 48.5 Å². The Kier molecular flexibility index (Phi) is 4.19. The molecule has 3 heteroatoms. The molecule has 2 aromatic carbocycles. The molecule has 4 aliphatic carbocycles. The van der Waals surface area contributed by atoms with Gasteiger partial charge in [0, 0.05) is 29.8 Å². The summed E-state index contributed by atoms with van der Waals surface area (Å²) in [6, 6.07) is 17.3. The van der Waals surface area contributed by atoms with Gasteiger partial charge in [-0.3, -0.25) is 0 Å². The normalized spacial score (nSPS) is 40.0. The molecule has 3 atom stereocenters. The van der Waals surface area contributed by atoms with Gasteiger partial charge in [-0.25, -0.2) is 0 Å². The maximum Gasteiger partial charge on any atom is 0.127 e. The van der Waals surface area contributed by atoms with Crippen LogP contribution in [0.3, 0.4) is 0 Å². The molecule has 162 valence electrons. The lowest BCUT2D eigenvalue weighted by molar-refractivity contribution is -0.108. The van der Waals surface area contributed by atoms with Crippen LogP contribution < -0.4 is 10.1 Å². The van der Waals surface area contributed by atoms with E-state index in [0.717, 1.165) is 35.9 Å². The minimum atomic E-state index is 0.210. The molecule has 3 nitrogen and oxygen atoms in total. The molecule has 1 N–H and O–H groups in total. The second-order valence-electron chi connectivity index (χ2n) is 11.2. The van der Waals surface area contributed by atoms with Crippen LogP contribution in [0.4, 0.5) is 5.69 Å². The molecule has 0 unspecified atom stereocenters. The summed E-state index contributed by atoms with van der Waals surface area (Å²) in [6.45, 7) is 0.887. The van der Waals surface area contributed by atoms with Crippen molar-refractivity contribution in [1.82, 2.24) is 0 Å². The van der Waals surface area contributed by atoms with Gasteiger partial charge in [0.15, 0.2) is 0 Å². The highest BCUT2D eigenvalue weighted by Gasteiger charge is 2.58. The molecule has 4 bridgehead atoms. The van der Waals surface area contributed by atoms with Gasteiger partial charge in [0.1, 0.15) is 11.5 Å². The first-order chi connectivity index (χ1) is 15.3. The Labute approximate surface area is 185 Å². The lowest BCUT2D eigenvalue weighted by Crippen LogP contribution is -2.58. The summed E-state index contributed by atoms with van der Waals surface area (Å²) in [7, 11) is 0. The van der Waals surface area contributed by atoms with Gasteiger partial charge < -0.3 is 14.8 Å². The number of anilines is 1. The van der Waals surface area contributed by atoms with Crippen molar-refractivity contribution in [1.29, 1.82) is 0 Å². The molecule has 4 saturated carbocycles. The molecule has 5 fully saturated rings. The molecule has 1 saturated heterocycles. The van der Waals surface area contributed by atoms with Crippen LogP contribution in [0.5, 0.6) is 11.5 Å². The van der Waals surface area contributed by atoms with Crippen molar-refractivity contribution in [2.75, 3.05) is 11.9 Å². The minimum absolute atomic E-state index is 0.210. The fourth-order valence-electron chi connectivity index (χ4n) is 8.50. The molecule has 8 rings (SSSR count). The van der Waals surface area contributed by atoms with Crippen molar-refractivity contribution in [2.45, 2.75) is 63.5 Å². The highest BCUT2D eigenvalue weighted by molar-refractivity contribution is 5.59. The fourth-order valence-corrected chi connectivity index (χ4v) is 8.50. The zero-order chi connectivity index (χ0) is 20.4. The Morgan fingerprint density at radius 1 is 0.871 bits per heavy atom. The van der Waals surface area contributed by atoms with Crippen molar-refractivity contribution in [3.63, 3.8) is 0 Å². The molecule has 31 heavy (non-hydrogen) atoms. The predicted molar refractivity (Wildman–Crippen MR) is 122 cm³/mol. The summed E-state index contributed by atoms with van der Waals surface area (Å²) in [5, 5.41) is 4.11. The lowest BCUT2D eigenvalue weighted by Gasteiger charge is -2.62. The van der Waals surface area contributed by atoms with E-state index >= 15 is 0 Å². The van der Waals surface area contributed by atoms with Crippen LogP contribution in [0.1, 0.15) is 63.0 Å². The zero-order valence-electron chi connectivity index (χ0n) is 18.3. The summed E-state index contributed by atoms with van der Waals surface area (Å²) in [4.78, 5) is 0. The van der Waals surface area contributed by atoms with Gasteiger partial charge in [-0.2, -0.15) is 0 Å². The third kappa shape index (κ3) is 3.03. The zero-order valence-corrected chi connectivity index (χ0v) is 18.3. The Morgan fingerprint density at radius 3 is 2.35 bits per heavy atom. The summed E-state index contributed by atoms with van der Waals surface area (Å²) in [6.07, 6.45) is 11.6. The van der Waals surface area contributed by atoms with Gasteiger partial charge in [0.25, 0.3) is 0 Å². The van der Waals surface area contributed by atoms with Gasteiger partial charge in [0.05, 0.1) is 6.10 Å². The molecular formula is C28H33NO2. The van der Waals surface area contributed by atoms with E-state index in [1.165, 1.54) is 62.6 Å². The van der Waals surface area contributed by atoms with E-state index in [2.05, 4.69) is 23.5 Å². The first-order valence-electron chi connectivity index (χ1n) is 12.5. The molecule has 0 aromatic heterocycles. The van der Waals surface area contributed by atoms with E-state index in [1.54, 1.807) is 0 Å².